The molecule has 3 aromatic rings. The molecule has 2 aromatic carbocycles. The first-order valence-electron chi connectivity index (χ1n) is 7.55. The van der Waals surface area contributed by atoms with Crippen molar-refractivity contribution < 1.29 is 9.72 Å². The number of nitrogens with zero attached hydrogens (tertiary/aromatic N) is 3. The van der Waals surface area contributed by atoms with Crippen LogP contribution in [0.25, 0.3) is 10.2 Å². The van der Waals surface area contributed by atoms with E-state index in [9.17, 15) is 14.9 Å². The van der Waals surface area contributed by atoms with Gasteiger partial charge in [-0.05, 0) is 25.1 Å². The molecule has 0 unspecified atom stereocenters. The van der Waals surface area contributed by atoms with E-state index in [2.05, 4.69) is 11.6 Å². The summed E-state index contributed by atoms with van der Waals surface area (Å²) in [6.07, 6.45) is 1.74. The minimum absolute atomic E-state index is 0.0867. The highest BCUT2D eigenvalue weighted by atomic mass is 32.1. The third-order valence-corrected chi connectivity index (χ3v) is 4.89. The van der Waals surface area contributed by atoms with Crippen molar-refractivity contribution in [3.63, 3.8) is 0 Å². The number of amides is 1. The van der Waals surface area contributed by atoms with Gasteiger partial charge in [0.05, 0.1) is 20.7 Å². The predicted octanol–water partition coefficient (Wildman–Crippen LogP) is 3.85. The largest absolute Gasteiger partial charge is 0.312 e. The van der Waals surface area contributed by atoms with E-state index < -0.39 is 10.8 Å². The van der Waals surface area contributed by atoms with Gasteiger partial charge in [0, 0.05) is 18.2 Å². The zero-order valence-electron chi connectivity index (χ0n) is 13.5. The molecule has 1 heterocycles. The third-order valence-electron chi connectivity index (χ3n) is 3.83. The van der Waals surface area contributed by atoms with Gasteiger partial charge < -0.3 is 4.57 Å². The Bertz CT molecular complexity index is 1060. The molecule has 6 nitrogen and oxygen atoms in total. The Morgan fingerprint density at radius 1 is 1.32 bits per heavy atom. The van der Waals surface area contributed by atoms with Crippen molar-refractivity contribution in [1.82, 2.24) is 4.57 Å². The van der Waals surface area contributed by atoms with Crippen LogP contribution in [0.2, 0.25) is 0 Å². The molecule has 0 aliphatic rings. The summed E-state index contributed by atoms with van der Waals surface area (Å²) in [6, 6.07) is 12.2. The molecule has 0 radical (unpaired) electrons. The number of nitro groups is 1. The van der Waals surface area contributed by atoms with Crippen LogP contribution in [0.3, 0.4) is 0 Å². The first kappa shape index (κ1) is 16.8. The lowest BCUT2D eigenvalue weighted by atomic mass is 10.1. The van der Waals surface area contributed by atoms with Crippen molar-refractivity contribution in [3.8, 4) is 0 Å². The van der Waals surface area contributed by atoms with Crippen LogP contribution in [0, 0.1) is 17.0 Å². The SMILES string of the molecule is C=CCn1c(=NC(=O)c2cccc([N+](=O)[O-])c2C)sc2ccccc21. The van der Waals surface area contributed by atoms with Gasteiger partial charge in [-0.25, -0.2) is 0 Å². The Labute approximate surface area is 147 Å². The van der Waals surface area contributed by atoms with E-state index in [-0.39, 0.29) is 11.3 Å². The van der Waals surface area contributed by atoms with Gasteiger partial charge in [-0.3, -0.25) is 14.9 Å². The Hall–Kier alpha value is -3.06. The van der Waals surface area contributed by atoms with Crippen molar-refractivity contribution in [3.05, 3.63) is 81.2 Å². The first-order chi connectivity index (χ1) is 12.0. The van der Waals surface area contributed by atoms with E-state index in [1.165, 1.54) is 23.5 Å². The van der Waals surface area contributed by atoms with Crippen molar-refractivity contribution >= 4 is 33.1 Å². The second kappa shape index (κ2) is 6.82. The molecule has 0 atom stereocenters. The summed E-state index contributed by atoms with van der Waals surface area (Å²) >= 11 is 1.40. The van der Waals surface area contributed by atoms with Crippen LogP contribution in [-0.2, 0) is 6.54 Å². The standard InChI is InChI=1S/C18H15N3O3S/c1-3-11-20-15-8-4-5-10-16(15)25-18(20)19-17(22)13-7-6-9-14(12(13)2)21(23)24/h3-10H,1,11H2,2H3. The number of allylic oxidation sites excluding steroid dienone is 1. The fourth-order valence-corrected chi connectivity index (χ4v) is 3.65. The highest BCUT2D eigenvalue weighted by molar-refractivity contribution is 7.16. The Morgan fingerprint density at radius 3 is 2.80 bits per heavy atom. The third kappa shape index (κ3) is 3.14. The molecule has 3 rings (SSSR count). The van der Waals surface area contributed by atoms with Gasteiger partial charge >= 0.3 is 0 Å². The smallest absolute Gasteiger partial charge is 0.280 e. The van der Waals surface area contributed by atoms with Gasteiger partial charge in [-0.15, -0.1) is 6.58 Å². The molecule has 0 bridgehead atoms. The maximum Gasteiger partial charge on any atom is 0.280 e. The molecule has 7 heteroatoms. The summed E-state index contributed by atoms with van der Waals surface area (Å²) in [5.74, 6) is -0.495. The van der Waals surface area contributed by atoms with Gasteiger partial charge in [0.1, 0.15) is 0 Å². The number of para-hydroxylation sites is 1. The average molecular weight is 353 g/mol. The van der Waals surface area contributed by atoms with Crippen LogP contribution < -0.4 is 4.80 Å². The zero-order valence-corrected chi connectivity index (χ0v) is 14.3. The number of carbonyl (C=O) groups is 1. The fourth-order valence-electron chi connectivity index (χ4n) is 2.61. The average Bonchev–Trinajstić information content (AvgIpc) is 2.92. The van der Waals surface area contributed by atoms with E-state index >= 15 is 0 Å². The van der Waals surface area contributed by atoms with E-state index in [0.717, 1.165) is 10.2 Å². The molecule has 1 aromatic heterocycles. The van der Waals surface area contributed by atoms with Crippen LogP contribution in [0.1, 0.15) is 15.9 Å². The molecule has 0 N–H and O–H groups in total. The molecule has 1 amide bonds. The lowest BCUT2D eigenvalue weighted by Gasteiger charge is -2.03. The van der Waals surface area contributed by atoms with Crippen LogP contribution in [-0.4, -0.2) is 15.4 Å². The number of thiazole rings is 1. The molecular formula is C18H15N3O3S. The lowest BCUT2D eigenvalue weighted by Crippen LogP contribution is -2.16. The molecule has 25 heavy (non-hydrogen) atoms. The van der Waals surface area contributed by atoms with E-state index in [0.29, 0.717) is 16.9 Å². The highest BCUT2D eigenvalue weighted by Crippen LogP contribution is 2.22. The number of fused-ring (bicyclic) bond motifs is 1. The van der Waals surface area contributed by atoms with Crippen molar-refractivity contribution in [1.29, 1.82) is 0 Å². The Balaban J connectivity index is 2.16. The van der Waals surface area contributed by atoms with Crippen molar-refractivity contribution in [2.45, 2.75) is 13.5 Å². The predicted molar refractivity (Wildman–Crippen MR) is 97.7 cm³/mol. The number of hydrogen-bond acceptors (Lipinski definition) is 4. The monoisotopic (exact) mass is 353 g/mol. The molecule has 0 fully saturated rings. The minimum Gasteiger partial charge on any atom is -0.312 e. The molecule has 0 aliphatic carbocycles. The number of aromatic nitrogens is 1. The Morgan fingerprint density at radius 2 is 2.08 bits per heavy atom. The number of hydrogen-bond donors (Lipinski definition) is 0. The summed E-state index contributed by atoms with van der Waals surface area (Å²) in [6.45, 7) is 5.83. The number of nitro benzene ring substituents is 1. The van der Waals surface area contributed by atoms with Crippen LogP contribution in [0.15, 0.2) is 60.1 Å². The zero-order chi connectivity index (χ0) is 18.0. The van der Waals surface area contributed by atoms with E-state index in [1.54, 1.807) is 19.1 Å². The van der Waals surface area contributed by atoms with Crippen LogP contribution in [0.4, 0.5) is 5.69 Å². The van der Waals surface area contributed by atoms with Crippen molar-refractivity contribution in [2.75, 3.05) is 0 Å². The van der Waals surface area contributed by atoms with Gasteiger partial charge in [0.2, 0.25) is 0 Å². The summed E-state index contributed by atoms with van der Waals surface area (Å²) in [5.41, 5.74) is 1.43. The van der Waals surface area contributed by atoms with Crippen LogP contribution in [0.5, 0.6) is 0 Å². The molecule has 0 saturated heterocycles. The quantitative estimate of drug-likeness (QED) is 0.406. The molecule has 0 spiro atoms. The van der Waals surface area contributed by atoms with E-state index in [4.69, 9.17) is 0 Å². The molecule has 0 aliphatic heterocycles. The molecular weight excluding hydrogens is 338 g/mol. The van der Waals surface area contributed by atoms with E-state index in [1.807, 2.05) is 28.8 Å². The number of benzene rings is 2. The normalized spacial score (nSPS) is 11.6. The maximum atomic E-state index is 12.6. The number of carbonyl (C=O) groups excluding carboxylic acids is 1. The Kier molecular flexibility index (Phi) is 4.58. The lowest BCUT2D eigenvalue weighted by molar-refractivity contribution is -0.385. The summed E-state index contributed by atoms with van der Waals surface area (Å²) in [5, 5.41) is 11.1. The summed E-state index contributed by atoms with van der Waals surface area (Å²) < 4.78 is 2.91. The highest BCUT2D eigenvalue weighted by Gasteiger charge is 2.18. The van der Waals surface area contributed by atoms with Gasteiger partial charge in [-0.1, -0.05) is 35.6 Å². The first-order valence-corrected chi connectivity index (χ1v) is 8.37. The van der Waals surface area contributed by atoms with Crippen LogP contribution >= 0.6 is 11.3 Å². The summed E-state index contributed by atoms with van der Waals surface area (Å²) in [4.78, 5) is 27.9. The van der Waals surface area contributed by atoms with Gasteiger partial charge in [-0.2, -0.15) is 4.99 Å². The van der Waals surface area contributed by atoms with Gasteiger partial charge in [0.15, 0.2) is 4.80 Å². The second-order valence-electron chi connectivity index (χ2n) is 5.38. The van der Waals surface area contributed by atoms with Crippen molar-refractivity contribution in [2.24, 2.45) is 4.99 Å². The summed E-state index contributed by atoms with van der Waals surface area (Å²) in [7, 11) is 0. The topological polar surface area (TPSA) is 77.5 Å². The number of rotatable bonds is 4. The minimum atomic E-state index is -0.497. The van der Waals surface area contributed by atoms with Gasteiger partial charge in [0.25, 0.3) is 11.6 Å². The fraction of sp³-hybridized carbons (Fsp3) is 0.111. The molecule has 126 valence electrons. The molecule has 0 saturated carbocycles. The maximum absolute atomic E-state index is 12.6. The second-order valence-corrected chi connectivity index (χ2v) is 6.38.